The molecule has 5 nitrogen and oxygen atoms in total. The standard InChI is InChI=1S/C18H12F3N5/c19-18(20,21)12-4-6-13(7-5-12)24-16-11-22-9-14(25-16)15-10-23-17-3-1-2-8-26(15)17/h1-11H,(H,24,25). The molecule has 0 saturated heterocycles. The third-order valence-electron chi connectivity index (χ3n) is 3.80. The second kappa shape index (κ2) is 6.14. The Hall–Kier alpha value is -3.42. The van der Waals surface area contributed by atoms with Gasteiger partial charge in [-0.25, -0.2) is 9.97 Å². The number of pyridine rings is 1. The SMILES string of the molecule is FC(F)(F)c1ccc(Nc2cncc(-c3cnc4ccccn34)n2)cc1. The minimum atomic E-state index is -4.36. The minimum Gasteiger partial charge on any atom is -0.339 e. The Labute approximate surface area is 146 Å². The van der Waals surface area contributed by atoms with Gasteiger partial charge < -0.3 is 5.32 Å². The third kappa shape index (κ3) is 3.08. The monoisotopic (exact) mass is 355 g/mol. The van der Waals surface area contributed by atoms with Crippen molar-refractivity contribution >= 4 is 17.2 Å². The van der Waals surface area contributed by atoms with Gasteiger partial charge in [0.2, 0.25) is 0 Å². The summed E-state index contributed by atoms with van der Waals surface area (Å²) in [5.74, 6) is 0.424. The van der Waals surface area contributed by atoms with Gasteiger partial charge in [-0.1, -0.05) is 6.07 Å². The molecule has 26 heavy (non-hydrogen) atoms. The zero-order valence-electron chi connectivity index (χ0n) is 13.3. The van der Waals surface area contributed by atoms with Crippen molar-refractivity contribution in [2.75, 3.05) is 5.32 Å². The highest BCUT2D eigenvalue weighted by molar-refractivity contribution is 5.63. The molecule has 0 aliphatic rings. The highest BCUT2D eigenvalue weighted by Crippen LogP contribution is 2.30. The van der Waals surface area contributed by atoms with Crippen LogP contribution in [0.5, 0.6) is 0 Å². The molecule has 4 rings (SSSR count). The number of anilines is 2. The van der Waals surface area contributed by atoms with E-state index in [2.05, 4.69) is 20.3 Å². The van der Waals surface area contributed by atoms with Crippen LogP contribution in [0.2, 0.25) is 0 Å². The number of aromatic nitrogens is 4. The molecule has 0 spiro atoms. The Bertz CT molecular complexity index is 1050. The van der Waals surface area contributed by atoms with Crippen molar-refractivity contribution in [2.45, 2.75) is 6.18 Å². The van der Waals surface area contributed by atoms with Gasteiger partial charge in [0.15, 0.2) is 0 Å². The number of halogens is 3. The molecule has 0 amide bonds. The van der Waals surface area contributed by atoms with Crippen molar-refractivity contribution in [1.82, 2.24) is 19.4 Å². The molecule has 3 heterocycles. The molecule has 0 unspecified atom stereocenters. The Morgan fingerprint density at radius 2 is 1.73 bits per heavy atom. The number of rotatable bonds is 3. The number of alkyl halides is 3. The minimum absolute atomic E-state index is 0.424. The molecule has 0 atom stereocenters. The molecule has 0 radical (unpaired) electrons. The second-order valence-electron chi connectivity index (χ2n) is 5.56. The van der Waals surface area contributed by atoms with E-state index in [1.807, 2.05) is 28.8 Å². The molecule has 1 aromatic carbocycles. The largest absolute Gasteiger partial charge is 0.416 e. The molecule has 1 N–H and O–H groups in total. The summed E-state index contributed by atoms with van der Waals surface area (Å²) in [7, 11) is 0. The van der Waals surface area contributed by atoms with Crippen LogP contribution in [0.3, 0.4) is 0 Å². The van der Waals surface area contributed by atoms with Crippen molar-refractivity contribution in [3.8, 4) is 11.4 Å². The van der Waals surface area contributed by atoms with Crippen LogP contribution in [0.25, 0.3) is 17.0 Å². The van der Waals surface area contributed by atoms with E-state index in [0.29, 0.717) is 17.2 Å². The zero-order chi connectivity index (χ0) is 18.1. The first-order chi connectivity index (χ1) is 12.5. The quantitative estimate of drug-likeness (QED) is 0.586. The van der Waals surface area contributed by atoms with E-state index < -0.39 is 11.7 Å². The molecular weight excluding hydrogens is 343 g/mol. The molecule has 3 aromatic heterocycles. The van der Waals surface area contributed by atoms with Crippen molar-refractivity contribution in [3.05, 3.63) is 72.8 Å². The summed E-state index contributed by atoms with van der Waals surface area (Å²) in [4.78, 5) is 12.9. The van der Waals surface area contributed by atoms with E-state index in [0.717, 1.165) is 23.5 Å². The second-order valence-corrected chi connectivity index (χ2v) is 5.56. The van der Waals surface area contributed by atoms with Crippen molar-refractivity contribution < 1.29 is 13.2 Å². The van der Waals surface area contributed by atoms with Crippen LogP contribution in [0.15, 0.2) is 67.3 Å². The summed E-state index contributed by atoms with van der Waals surface area (Å²) in [6.45, 7) is 0. The molecular formula is C18H12F3N5. The molecule has 0 aliphatic carbocycles. The zero-order valence-corrected chi connectivity index (χ0v) is 13.3. The number of benzene rings is 1. The van der Waals surface area contributed by atoms with Crippen LogP contribution in [-0.2, 0) is 6.18 Å². The maximum atomic E-state index is 12.6. The Balaban J connectivity index is 1.62. The van der Waals surface area contributed by atoms with Crippen LogP contribution in [0.1, 0.15) is 5.56 Å². The van der Waals surface area contributed by atoms with Crippen LogP contribution < -0.4 is 5.32 Å². The predicted molar refractivity (Wildman–Crippen MR) is 90.9 cm³/mol. The molecule has 0 bridgehead atoms. The fourth-order valence-corrected chi connectivity index (χ4v) is 2.56. The summed E-state index contributed by atoms with van der Waals surface area (Å²) in [6, 6.07) is 10.4. The van der Waals surface area contributed by atoms with E-state index in [1.54, 1.807) is 12.4 Å². The summed E-state index contributed by atoms with van der Waals surface area (Å²) in [5.41, 5.74) is 1.94. The van der Waals surface area contributed by atoms with Gasteiger partial charge in [-0.3, -0.25) is 9.38 Å². The number of fused-ring (bicyclic) bond motifs is 1. The summed E-state index contributed by atoms with van der Waals surface area (Å²) < 4.78 is 39.8. The summed E-state index contributed by atoms with van der Waals surface area (Å²) in [5, 5.41) is 2.96. The Morgan fingerprint density at radius 1 is 0.923 bits per heavy atom. The molecule has 8 heteroatoms. The summed E-state index contributed by atoms with van der Waals surface area (Å²) >= 11 is 0. The van der Waals surface area contributed by atoms with Gasteiger partial charge in [0.05, 0.1) is 29.8 Å². The normalized spacial score (nSPS) is 11.7. The number of nitrogens with one attached hydrogen (secondary N) is 1. The first kappa shape index (κ1) is 16.1. The average Bonchev–Trinajstić information content (AvgIpc) is 3.06. The topological polar surface area (TPSA) is 55.1 Å². The molecule has 130 valence electrons. The van der Waals surface area contributed by atoms with E-state index in [9.17, 15) is 13.2 Å². The number of hydrogen-bond acceptors (Lipinski definition) is 4. The Kier molecular flexibility index (Phi) is 3.80. The highest BCUT2D eigenvalue weighted by atomic mass is 19.4. The number of nitrogens with zero attached hydrogens (tertiary/aromatic N) is 4. The van der Waals surface area contributed by atoms with Crippen LogP contribution in [0.4, 0.5) is 24.7 Å². The van der Waals surface area contributed by atoms with Gasteiger partial charge in [0, 0.05) is 11.9 Å². The van der Waals surface area contributed by atoms with E-state index in [4.69, 9.17) is 0 Å². The molecule has 0 fully saturated rings. The number of imidazole rings is 1. The lowest BCUT2D eigenvalue weighted by Gasteiger charge is -2.09. The van der Waals surface area contributed by atoms with Crippen molar-refractivity contribution in [2.24, 2.45) is 0 Å². The lowest BCUT2D eigenvalue weighted by atomic mass is 10.2. The van der Waals surface area contributed by atoms with Crippen LogP contribution >= 0.6 is 0 Å². The predicted octanol–water partition coefficient (Wildman–Crippen LogP) is 4.55. The fourth-order valence-electron chi connectivity index (χ4n) is 2.56. The lowest BCUT2D eigenvalue weighted by molar-refractivity contribution is -0.137. The Morgan fingerprint density at radius 3 is 2.50 bits per heavy atom. The first-order valence-electron chi connectivity index (χ1n) is 7.69. The van der Waals surface area contributed by atoms with E-state index >= 15 is 0 Å². The van der Waals surface area contributed by atoms with Crippen LogP contribution in [0, 0.1) is 0 Å². The van der Waals surface area contributed by atoms with Crippen molar-refractivity contribution in [1.29, 1.82) is 0 Å². The number of hydrogen-bond donors (Lipinski definition) is 1. The first-order valence-corrected chi connectivity index (χ1v) is 7.69. The highest BCUT2D eigenvalue weighted by Gasteiger charge is 2.29. The average molecular weight is 355 g/mol. The summed E-state index contributed by atoms with van der Waals surface area (Å²) in [6.07, 6.45) is 2.32. The molecule has 0 aliphatic heterocycles. The molecule has 0 saturated carbocycles. The van der Waals surface area contributed by atoms with Gasteiger partial charge in [0.25, 0.3) is 0 Å². The van der Waals surface area contributed by atoms with Crippen LogP contribution in [-0.4, -0.2) is 19.4 Å². The van der Waals surface area contributed by atoms with Gasteiger partial charge >= 0.3 is 6.18 Å². The van der Waals surface area contributed by atoms with Gasteiger partial charge in [-0.2, -0.15) is 13.2 Å². The van der Waals surface area contributed by atoms with E-state index in [1.165, 1.54) is 18.3 Å². The van der Waals surface area contributed by atoms with Gasteiger partial charge in [-0.15, -0.1) is 0 Å². The maximum absolute atomic E-state index is 12.6. The van der Waals surface area contributed by atoms with E-state index in [-0.39, 0.29) is 0 Å². The fraction of sp³-hybridized carbons (Fsp3) is 0.0556. The molecule has 4 aromatic rings. The smallest absolute Gasteiger partial charge is 0.339 e. The third-order valence-corrected chi connectivity index (χ3v) is 3.80. The van der Waals surface area contributed by atoms with Crippen molar-refractivity contribution in [3.63, 3.8) is 0 Å². The van der Waals surface area contributed by atoms with Gasteiger partial charge in [0.1, 0.15) is 17.2 Å². The lowest BCUT2D eigenvalue weighted by Crippen LogP contribution is -2.04. The maximum Gasteiger partial charge on any atom is 0.416 e. The van der Waals surface area contributed by atoms with Gasteiger partial charge in [-0.05, 0) is 36.4 Å².